The molecule has 0 bridgehead atoms. The molecule has 5 nitrogen and oxygen atoms in total. The fourth-order valence-corrected chi connectivity index (χ4v) is 2.47. The Hall–Kier alpha value is -2.56. The number of ketones is 1. The van der Waals surface area contributed by atoms with Crippen molar-refractivity contribution in [2.75, 3.05) is 7.05 Å². The van der Waals surface area contributed by atoms with E-state index in [4.69, 9.17) is 5.26 Å². The number of rotatable bonds is 5. The molecule has 1 aromatic rings. The van der Waals surface area contributed by atoms with Crippen LogP contribution in [0.15, 0.2) is 24.3 Å². The van der Waals surface area contributed by atoms with Gasteiger partial charge in [0, 0.05) is 13.0 Å². The molecule has 1 aromatic carbocycles. The van der Waals surface area contributed by atoms with E-state index in [1.54, 1.807) is 12.1 Å². The van der Waals surface area contributed by atoms with Crippen LogP contribution in [-0.2, 0) is 9.59 Å². The normalized spacial score (nSPS) is 21.0. The van der Waals surface area contributed by atoms with E-state index in [2.05, 4.69) is 10.1 Å². The minimum atomic E-state index is -4.83. The predicted octanol–water partition coefficient (Wildman–Crippen LogP) is 2.14. The van der Waals surface area contributed by atoms with Gasteiger partial charge >= 0.3 is 6.36 Å². The Balaban J connectivity index is 2.17. The van der Waals surface area contributed by atoms with Crippen molar-refractivity contribution in [3.63, 3.8) is 0 Å². The lowest BCUT2D eigenvalue weighted by molar-refractivity contribution is -0.274. The van der Waals surface area contributed by atoms with E-state index in [9.17, 15) is 22.8 Å². The van der Waals surface area contributed by atoms with Crippen LogP contribution < -0.4 is 10.1 Å². The molecule has 1 fully saturated rings. The van der Waals surface area contributed by atoms with Gasteiger partial charge in [-0.05, 0) is 24.0 Å². The monoisotopic (exact) mass is 326 g/mol. The number of benzene rings is 1. The highest BCUT2D eigenvalue weighted by Crippen LogP contribution is 2.52. The van der Waals surface area contributed by atoms with Crippen LogP contribution in [0.25, 0.3) is 0 Å². The van der Waals surface area contributed by atoms with Gasteiger partial charge in [0.15, 0.2) is 11.7 Å². The van der Waals surface area contributed by atoms with E-state index in [0.717, 1.165) is 0 Å². The Morgan fingerprint density at radius 1 is 1.39 bits per heavy atom. The summed E-state index contributed by atoms with van der Waals surface area (Å²) in [5.74, 6) is -4.27. The van der Waals surface area contributed by atoms with E-state index in [1.807, 2.05) is 0 Å². The number of ether oxygens (including phenoxy) is 1. The van der Waals surface area contributed by atoms with Gasteiger partial charge in [0.25, 0.3) is 0 Å². The van der Waals surface area contributed by atoms with Crippen LogP contribution in [0.4, 0.5) is 13.2 Å². The molecule has 1 aliphatic rings. The van der Waals surface area contributed by atoms with Crippen molar-refractivity contribution in [2.45, 2.75) is 18.7 Å². The standard InChI is InChI=1S/C15H13F3N2O3/c1-20-14(22)11(7-19)13(21)10-6-9(10)8-4-2-3-5-12(8)23-15(16,17)18/h2-5,9-11H,6H2,1H3,(H,20,22)/t9-,10+,11-/m1/s1. The van der Waals surface area contributed by atoms with Crippen molar-refractivity contribution < 1.29 is 27.5 Å². The zero-order valence-corrected chi connectivity index (χ0v) is 12.1. The summed E-state index contributed by atoms with van der Waals surface area (Å²) in [5.41, 5.74) is 0.247. The quantitative estimate of drug-likeness (QED) is 0.841. The van der Waals surface area contributed by atoms with Crippen molar-refractivity contribution >= 4 is 11.7 Å². The summed E-state index contributed by atoms with van der Waals surface area (Å²) >= 11 is 0. The smallest absolute Gasteiger partial charge is 0.405 e. The first kappa shape index (κ1) is 16.8. The number of hydrogen-bond donors (Lipinski definition) is 1. The predicted molar refractivity (Wildman–Crippen MR) is 72.1 cm³/mol. The Labute approximate surface area is 130 Å². The molecule has 122 valence electrons. The van der Waals surface area contributed by atoms with Crippen LogP contribution in [0.2, 0.25) is 0 Å². The molecule has 0 aromatic heterocycles. The summed E-state index contributed by atoms with van der Waals surface area (Å²) in [6.45, 7) is 0. The molecule has 0 radical (unpaired) electrons. The number of nitrogens with one attached hydrogen (secondary N) is 1. The van der Waals surface area contributed by atoms with Gasteiger partial charge in [0.2, 0.25) is 5.91 Å². The second-order valence-corrected chi connectivity index (χ2v) is 5.11. The molecule has 1 aliphatic carbocycles. The fraction of sp³-hybridized carbons (Fsp3) is 0.400. The summed E-state index contributed by atoms with van der Waals surface area (Å²) in [5, 5.41) is 11.2. The number of halogens is 3. The van der Waals surface area contributed by atoms with Crippen LogP contribution in [0.1, 0.15) is 17.9 Å². The molecule has 1 N–H and O–H groups in total. The molecule has 2 rings (SSSR count). The van der Waals surface area contributed by atoms with E-state index < -0.39 is 35.8 Å². The summed E-state index contributed by atoms with van der Waals surface area (Å²) in [7, 11) is 1.30. The molecular weight excluding hydrogens is 313 g/mol. The maximum Gasteiger partial charge on any atom is 0.573 e. The van der Waals surface area contributed by atoms with Crippen LogP contribution in [0.5, 0.6) is 5.75 Å². The topological polar surface area (TPSA) is 79.2 Å². The number of Topliss-reactive ketones (excluding diaryl/α,β-unsaturated/α-hetero) is 1. The van der Waals surface area contributed by atoms with Crippen LogP contribution in [0.3, 0.4) is 0 Å². The lowest BCUT2D eigenvalue weighted by Gasteiger charge is -2.13. The highest BCUT2D eigenvalue weighted by Gasteiger charge is 2.49. The first-order chi connectivity index (χ1) is 10.8. The number of nitrogens with zero attached hydrogens (tertiary/aromatic N) is 1. The van der Waals surface area contributed by atoms with E-state index >= 15 is 0 Å². The number of carbonyl (C=O) groups excluding carboxylic acids is 2. The maximum absolute atomic E-state index is 12.4. The van der Waals surface area contributed by atoms with Gasteiger partial charge in [-0.25, -0.2) is 0 Å². The van der Waals surface area contributed by atoms with Crippen LogP contribution in [0, 0.1) is 23.2 Å². The van der Waals surface area contributed by atoms with E-state index in [-0.39, 0.29) is 17.7 Å². The van der Waals surface area contributed by atoms with Gasteiger partial charge < -0.3 is 10.1 Å². The number of nitriles is 1. The molecule has 0 unspecified atom stereocenters. The maximum atomic E-state index is 12.4. The fourth-order valence-electron chi connectivity index (χ4n) is 2.47. The Morgan fingerprint density at radius 3 is 2.61 bits per heavy atom. The summed E-state index contributed by atoms with van der Waals surface area (Å²) in [6, 6.07) is 7.18. The summed E-state index contributed by atoms with van der Waals surface area (Å²) in [4.78, 5) is 23.7. The Kier molecular flexibility index (Phi) is 4.59. The van der Waals surface area contributed by atoms with Crippen LogP contribution in [-0.4, -0.2) is 25.1 Å². The largest absolute Gasteiger partial charge is 0.573 e. The third-order valence-corrected chi connectivity index (χ3v) is 3.62. The highest BCUT2D eigenvalue weighted by atomic mass is 19.4. The second kappa shape index (κ2) is 6.28. The number of carbonyl (C=O) groups is 2. The summed E-state index contributed by atoms with van der Waals surface area (Å²) < 4.78 is 41.2. The minimum absolute atomic E-state index is 0.247. The van der Waals surface area contributed by atoms with Crippen molar-refractivity contribution in [3.05, 3.63) is 29.8 Å². The Morgan fingerprint density at radius 2 is 2.04 bits per heavy atom. The lowest BCUT2D eigenvalue weighted by Crippen LogP contribution is -2.33. The minimum Gasteiger partial charge on any atom is -0.405 e. The van der Waals surface area contributed by atoms with E-state index in [1.165, 1.54) is 25.2 Å². The van der Waals surface area contributed by atoms with Gasteiger partial charge in [-0.2, -0.15) is 5.26 Å². The third kappa shape index (κ3) is 3.80. The Bertz CT molecular complexity index is 667. The lowest BCUT2D eigenvalue weighted by atomic mass is 9.98. The van der Waals surface area contributed by atoms with Crippen molar-refractivity contribution in [2.24, 2.45) is 11.8 Å². The molecule has 1 amide bonds. The second-order valence-electron chi connectivity index (χ2n) is 5.11. The van der Waals surface area contributed by atoms with Gasteiger partial charge in [0.1, 0.15) is 5.75 Å². The third-order valence-electron chi connectivity index (χ3n) is 3.62. The number of alkyl halides is 3. The molecular formula is C15H13F3N2O3. The molecule has 1 saturated carbocycles. The van der Waals surface area contributed by atoms with Gasteiger partial charge in [0.05, 0.1) is 6.07 Å². The molecule has 8 heteroatoms. The SMILES string of the molecule is CNC(=O)[C@H](C#N)C(=O)[C@H]1C[C@@H]1c1ccccc1OC(F)(F)F. The van der Waals surface area contributed by atoms with Crippen molar-refractivity contribution in [1.29, 1.82) is 5.26 Å². The van der Waals surface area contributed by atoms with Crippen LogP contribution >= 0.6 is 0 Å². The summed E-state index contributed by atoms with van der Waals surface area (Å²) in [6.07, 6.45) is -4.55. The number of hydrogen-bond acceptors (Lipinski definition) is 4. The molecule has 23 heavy (non-hydrogen) atoms. The molecule has 0 aliphatic heterocycles. The molecule has 0 spiro atoms. The first-order valence-corrected chi connectivity index (χ1v) is 6.78. The first-order valence-electron chi connectivity index (χ1n) is 6.78. The highest BCUT2D eigenvalue weighted by molar-refractivity contribution is 6.06. The molecule has 3 atom stereocenters. The van der Waals surface area contributed by atoms with Gasteiger partial charge in [-0.15, -0.1) is 13.2 Å². The van der Waals surface area contributed by atoms with Crippen molar-refractivity contribution in [1.82, 2.24) is 5.32 Å². The zero-order chi connectivity index (χ0) is 17.2. The average molecular weight is 326 g/mol. The van der Waals surface area contributed by atoms with Gasteiger partial charge in [-0.3, -0.25) is 9.59 Å². The number of para-hydroxylation sites is 1. The van der Waals surface area contributed by atoms with E-state index in [0.29, 0.717) is 0 Å². The van der Waals surface area contributed by atoms with Gasteiger partial charge in [-0.1, -0.05) is 18.2 Å². The van der Waals surface area contributed by atoms with Crippen molar-refractivity contribution in [3.8, 4) is 11.8 Å². The number of amides is 1. The molecule has 0 heterocycles. The molecule has 0 saturated heterocycles. The average Bonchev–Trinajstić information content (AvgIpc) is 3.26. The zero-order valence-electron chi connectivity index (χ0n) is 12.1.